The van der Waals surface area contributed by atoms with E-state index in [-0.39, 0.29) is 11.3 Å². The lowest BCUT2D eigenvalue weighted by Gasteiger charge is -2.22. The van der Waals surface area contributed by atoms with Crippen LogP contribution in [0, 0.1) is 6.92 Å². The maximum absolute atomic E-state index is 10.5. The van der Waals surface area contributed by atoms with Crippen molar-refractivity contribution in [1.29, 1.82) is 0 Å². The molecule has 15 heavy (non-hydrogen) atoms. The number of nitrogens with zero attached hydrogens (tertiary/aromatic N) is 2. The lowest BCUT2D eigenvalue weighted by atomic mass is 10.1. The first kappa shape index (κ1) is 12.1. The van der Waals surface area contributed by atoms with Crippen molar-refractivity contribution < 1.29 is 9.90 Å². The van der Waals surface area contributed by atoms with Gasteiger partial charge in [0.1, 0.15) is 0 Å². The first-order valence-electron chi connectivity index (χ1n) is 4.72. The number of aliphatic carboxylic acids is 1. The highest BCUT2D eigenvalue weighted by molar-refractivity contribution is 7.99. The zero-order valence-corrected chi connectivity index (χ0v) is 10.3. The number of rotatable bonds is 3. The Morgan fingerprint density at radius 2 is 2.20 bits per heavy atom. The lowest BCUT2D eigenvalue weighted by molar-refractivity contribution is -0.133. The summed E-state index contributed by atoms with van der Waals surface area (Å²) in [4.78, 5) is 14.8. The number of carboxylic acids is 1. The Kier molecular flexibility index (Phi) is 3.44. The summed E-state index contributed by atoms with van der Waals surface area (Å²) in [7, 11) is 0. The second kappa shape index (κ2) is 4.26. The number of imidazole rings is 1. The van der Waals surface area contributed by atoms with Crippen LogP contribution in [0.1, 0.15) is 26.5 Å². The van der Waals surface area contributed by atoms with Crippen molar-refractivity contribution in [1.82, 2.24) is 9.55 Å². The minimum atomic E-state index is -0.818. The molecule has 0 amide bonds. The van der Waals surface area contributed by atoms with Crippen LogP contribution >= 0.6 is 11.8 Å². The predicted molar refractivity (Wildman–Crippen MR) is 60.3 cm³/mol. The van der Waals surface area contributed by atoms with Gasteiger partial charge in [-0.3, -0.25) is 4.79 Å². The minimum absolute atomic E-state index is 0.0481. The lowest BCUT2D eigenvalue weighted by Crippen LogP contribution is -2.22. The monoisotopic (exact) mass is 228 g/mol. The minimum Gasteiger partial charge on any atom is -0.481 e. The molecule has 1 N–H and O–H groups in total. The predicted octanol–water partition coefficient (Wildman–Crippen LogP) is 2.12. The number of carbonyl (C=O) groups is 1. The molecule has 84 valence electrons. The van der Waals surface area contributed by atoms with Gasteiger partial charge in [-0.2, -0.15) is 0 Å². The molecule has 1 heterocycles. The van der Waals surface area contributed by atoms with Crippen LogP contribution in [0.15, 0.2) is 11.4 Å². The van der Waals surface area contributed by atoms with Crippen LogP contribution in [-0.4, -0.2) is 26.4 Å². The molecule has 0 atom stereocenters. The molecule has 0 aliphatic heterocycles. The van der Waals surface area contributed by atoms with Gasteiger partial charge in [0, 0.05) is 11.7 Å². The third-order valence-electron chi connectivity index (χ3n) is 1.84. The van der Waals surface area contributed by atoms with Crippen LogP contribution < -0.4 is 0 Å². The molecule has 0 unspecified atom stereocenters. The highest BCUT2D eigenvalue weighted by Gasteiger charge is 2.18. The second-order valence-corrected chi connectivity index (χ2v) is 5.33. The van der Waals surface area contributed by atoms with Crippen LogP contribution in [0.5, 0.6) is 0 Å². The van der Waals surface area contributed by atoms with E-state index in [0.717, 1.165) is 10.9 Å². The first-order chi connectivity index (χ1) is 6.80. The van der Waals surface area contributed by atoms with Crippen LogP contribution in [0.2, 0.25) is 0 Å². The maximum atomic E-state index is 10.5. The summed E-state index contributed by atoms with van der Waals surface area (Å²) in [5.41, 5.74) is 0.847. The van der Waals surface area contributed by atoms with Gasteiger partial charge in [-0.05, 0) is 27.7 Å². The Labute approximate surface area is 93.7 Å². The van der Waals surface area contributed by atoms with Gasteiger partial charge in [0.2, 0.25) is 0 Å². The Morgan fingerprint density at radius 1 is 1.60 bits per heavy atom. The van der Waals surface area contributed by atoms with Gasteiger partial charge >= 0.3 is 5.97 Å². The van der Waals surface area contributed by atoms with Gasteiger partial charge in [0.25, 0.3) is 0 Å². The molecule has 0 bridgehead atoms. The maximum Gasteiger partial charge on any atom is 0.313 e. The van der Waals surface area contributed by atoms with Crippen molar-refractivity contribution in [3.05, 3.63) is 11.9 Å². The Balaban J connectivity index is 2.91. The number of thioether (sulfide) groups is 1. The van der Waals surface area contributed by atoms with Gasteiger partial charge < -0.3 is 9.67 Å². The van der Waals surface area contributed by atoms with Crippen molar-refractivity contribution in [3.63, 3.8) is 0 Å². The molecule has 0 spiro atoms. The molecule has 0 aromatic carbocycles. The Morgan fingerprint density at radius 3 is 2.67 bits per heavy atom. The molecular weight excluding hydrogens is 212 g/mol. The normalized spacial score (nSPS) is 11.7. The van der Waals surface area contributed by atoms with Crippen LogP contribution in [0.25, 0.3) is 0 Å². The summed E-state index contributed by atoms with van der Waals surface area (Å²) < 4.78 is 2.01. The molecule has 0 aliphatic carbocycles. The fourth-order valence-electron chi connectivity index (χ4n) is 1.18. The summed E-state index contributed by atoms with van der Waals surface area (Å²) in [6.07, 6.45) is 1.95. The van der Waals surface area contributed by atoms with Crippen LogP contribution in [0.4, 0.5) is 0 Å². The molecule has 0 aliphatic rings. The fraction of sp³-hybridized carbons (Fsp3) is 0.600. The number of hydrogen-bond donors (Lipinski definition) is 1. The van der Waals surface area contributed by atoms with E-state index >= 15 is 0 Å². The molecule has 1 rings (SSSR count). The van der Waals surface area contributed by atoms with E-state index in [1.807, 2.05) is 17.7 Å². The molecule has 4 nitrogen and oxygen atoms in total. The zero-order chi connectivity index (χ0) is 11.6. The van der Waals surface area contributed by atoms with Crippen molar-refractivity contribution in [2.24, 2.45) is 0 Å². The van der Waals surface area contributed by atoms with Gasteiger partial charge in [0.05, 0.1) is 11.4 Å². The summed E-state index contributed by atoms with van der Waals surface area (Å²) in [5.74, 6) is -0.770. The molecule has 5 heteroatoms. The standard InChI is InChI=1S/C10H16N2O2S/c1-7-5-12(10(2,3)4)9(11-7)15-6-8(13)14/h5H,6H2,1-4H3,(H,13,14). The van der Waals surface area contributed by atoms with Crippen molar-refractivity contribution in [3.8, 4) is 0 Å². The molecule has 0 fully saturated rings. The number of carboxylic acid groups (broad SMARTS) is 1. The van der Waals surface area contributed by atoms with Crippen LogP contribution in [-0.2, 0) is 10.3 Å². The summed E-state index contributed by atoms with van der Waals surface area (Å²) in [5, 5.41) is 9.38. The second-order valence-electron chi connectivity index (χ2n) is 4.39. The molecule has 0 saturated heterocycles. The van der Waals surface area contributed by atoms with E-state index in [2.05, 4.69) is 25.8 Å². The molecule has 1 aromatic rings. The highest BCUT2D eigenvalue weighted by Crippen LogP contribution is 2.24. The van der Waals surface area contributed by atoms with Gasteiger partial charge in [-0.1, -0.05) is 11.8 Å². The van der Waals surface area contributed by atoms with Gasteiger partial charge in [-0.15, -0.1) is 0 Å². The topological polar surface area (TPSA) is 55.1 Å². The van der Waals surface area contributed by atoms with Crippen molar-refractivity contribution >= 4 is 17.7 Å². The third kappa shape index (κ3) is 3.27. The van der Waals surface area contributed by atoms with E-state index in [4.69, 9.17) is 5.11 Å². The number of hydrogen-bond acceptors (Lipinski definition) is 3. The van der Waals surface area contributed by atoms with E-state index in [1.165, 1.54) is 11.8 Å². The largest absolute Gasteiger partial charge is 0.481 e. The smallest absolute Gasteiger partial charge is 0.313 e. The van der Waals surface area contributed by atoms with E-state index in [0.29, 0.717) is 0 Å². The SMILES string of the molecule is Cc1cn(C(C)(C)C)c(SCC(=O)O)n1. The quantitative estimate of drug-likeness (QED) is 0.805. The van der Waals surface area contributed by atoms with Crippen molar-refractivity contribution in [2.45, 2.75) is 38.4 Å². The molecule has 0 radical (unpaired) electrons. The Bertz CT molecular complexity index is 366. The number of aryl methyl sites for hydroxylation is 1. The average Bonchev–Trinajstić information content (AvgIpc) is 2.42. The van der Waals surface area contributed by atoms with Crippen LogP contribution in [0.3, 0.4) is 0 Å². The highest BCUT2D eigenvalue weighted by atomic mass is 32.2. The first-order valence-corrected chi connectivity index (χ1v) is 5.70. The van der Waals surface area contributed by atoms with Gasteiger partial charge in [0.15, 0.2) is 5.16 Å². The molecular formula is C10H16N2O2S. The third-order valence-corrected chi connectivity index (χ3v) is 2.78. The van der Waals surface area contributed by atoms with Crippen molar-refractivity contribution in [2.75, 3.05) is 5.75 Å². The molecule has 1 aromatic heterocycles. The van der Waals surface area contributed by atoms with Gasteiger partial charge in [-0.25, -0.2) is 4.98 Å². The van der Waals surface area contributed by atoms with E-state index in [9.17, 15) is 4.79 Å². The summed E-state index contributed by atoms with van der Waals surface area (Å²) >= 11 is 1.26. The summed E-state index contributed by atoms with van der Waals surface area (Å²) in [6, 6.07) is 0. The Hall–Kier alpha value is -0.970. The fourth-order valence-corrected chi connectivity index (χ4v) is 2.11. The zero-order valence-electron chi connectivity index (χ0n) is 9.44. The summed E-state index contributed by atoms with van der Waals surface area (Å²) in [6.45, 7) is 8.11. The number of aromatic nitrogens is 2. The molecule has 0 saturated carbocycles. The van der Waals surface area contributed by atoms with E-state index in [1.54, 1.807) is 0 Å². The van der Waals surface area contributed by atoms with E-state index < -0.39 is 5.97 Å². The average molecular weight is 228 g/mol.